The zero-order valence-electron chi connectivity index (χ0n) is 8.73. The number of hydrogen-bond donors (Lipinski definition) is 1. The Morgan fingerprint density at radius 1 is 1.79 bits per heavy atom. The first-order valence-corrected chi connectivity index (χ1v) is 5.88. The summed E-state index contributed by atoms with van der Waals surface area (Å²) in [4.78, 5) is 7.91. The second-order valence-corrected chi connectivity index (χ2v) is 5.04. The zero-order valence-corrected chi connectivity index (χ0v) is 9.55. The predicted octanol–water partition coefficient (Wildman–Crippen LogP) is 1.27. The van der Waals surface area contributed by atoms with E-state index >= 15 is 0 Å². The predicted molar refractivity (Wildman–Crippen MR) is 59.3 cm³/mol. The lowest BCUT2D eigenvalue weighted by Crippen LogP contribution is -2.42. The third-order valence-electron chi connectivity index (χ3n) is 3.62. The molecule has 0 amide bonds. The molecule has 2 atom stereocenters. The summed E-state index contributed by atoms with van der Waals surface area (Å²) in [5.41, 5.74) is 7.85. The molecule has 2 unspecified atom stereocenters. The third kappa shape index (κ3) is 1.29. The standard InChI is InChI=1S/C10H17N3S/c1-10(9-6-12-7-14-9)8(5-11)3-4-13(10)2/h6-8H,3-5,11H2,1-2H3. The maximum Gasteiger partial charge on any atom is 0.0794 e. The van der Waals surface area contributed by atoms with Crippen molar-refractivity contribution in [3.8, 4) is 0 Å². The van der Waals surface area contributed by atoms with Crippen molar-refractivity contribution in [2.24, 2.45) is 11.7 Å². The van der Waals surface area contributed by atoms with Crippen molar-refractivity contribution < 1.29 is 0 Å². The topological polar surface area (TPSA) is 42.1 Å². The van der Waals surface area contributed by atoms with Gasteiger partial charge >= 0.3 is 0 Å². The summed E-state index contributed by atoms with van der Waals surface area (Å²) < 4.78 is 0. The maximum absolute atomic E-state index is 5.84. The van der Waals surface area contributed by atoms with Crippen molar-refractivity contribution >= 4 is 11.3 Å². The number of rotatable bonds is 2. The highest BCUT2D eigenvalue weighted by Crippen LogP contribution is 2.42. The van der Waals surface area contributed by atoms with Crippen LogP contribution in [0.2, 0.25) is 0 Å². The largest absolute Gasteiger partial charge is 0.330 e. The van der Waals surface area contributed by atoms with Gasteiger partial charge in [-0.15, -0.1) is 11.3 Å². The maximum atomic E-state index is 5.84. The average Bonchev–Trinajstić information content (AvgIpc) is 2.77. The lowest BCUT2D eigenvalue weighted by molar-refractivity contribution is 0.157. The van der Waals surface area contributed by atoms with E-state index in [1.807, 2.05) is 11.7 Å². The average molecular weight is 211 g/mol. The van der Waals surface area contributed by atoms with Crippen LogP contribution in [0.25, 0.3) is 0 Å². The van der Waals surface area contributed by atoms with Crippen molar-refractivity contribution in [3.05, 3.63) is 16.6 Å². The molecule has 2 N–H and O–H groups in total. The van der Waals surface area contributed by atoms with Gasteiger partial charge in [0.25, 0.3) is 0 Å². The fourth-order valence-corrected chi connectivity index (χ4v) is 3.29. The van der Waals surface area contributed by atoms with Crippen molar-refractivity contribution in [1.29, 1.82) is 0 Å². The van der Waals surface area contributed by atoms with Gasteiger partial charge in [0.15, 0.2) is 0 Å². The molecule has 0 radical (unpaired) electrons. The molecule has 4 heteroatoms. The Balaban J connectivity index is 2.36. The van der Waals surface area contributed by atoms with E-state index < -0.39 is 0 Å². The molecule has 0 saturated carbocycles. The van der Waals surface area contributed by atoms with Crippen LogP contribution in [0.4, 0.5) is 0 Å². The van der Waals surface area contributed by atoms with Gasteiger partial charge in [-0.05, 0) is 39.4 Å². The van der Waals surface area contributed by atoms with Gasteiger partial charge in [0, 0.05) is 11.1 Å². The van der Waals surface area contributed by atoms with Gasteiger partial charge in [-0.3, -0.25) is 9.88 Å². The van der Waals surface area contributed by atoms with Crippen LogP contribution in [0.15, 0.2) is 11.7 Å². The Bertz CT molecular complexity index is 298. The summed E-state index contributed by atoms with van der Waals surface area (Å²) in [6.07, 6.45) is 3.18. The first-order valence-electron chi connectivity index (χ1n) is 5.00. The minimum Gasteiger partial charge on any atom is -0.330 e. The molecule has 14 heavy (non-hydrogen) atoms. The van der Waals surface area contributed by atoms with Crippen LogP contribution in [0, 0.1) is 5.92 Å². The van der Waals surface area contributed by atoms with Gasteiger partial charge in [-0.25, -0.2) is 0 Å². The Morgan fingerprint density at radius 2 is 2.57 bits per heavy atom. The zero-order chi connectivity index (χ0) is 10.2. The van der Waals surface area contributed by atoms with E-state index in [4.69, 9.17) is 5.73 Å². The van der Waals surface area contributed by atoms with Gasteiger partial charge in [0.2, 0.25) is 0 Å². The summed E-state index contributed by atoms with van der Waals surface area (Å²) in [6, 6.07) is 0. The van der Waals surface area contributed by atoms with Crippen molar-refractivity contribution in [3.63, 3.8) is 0 Å². The first kappa shape index (κ1) is 10.1. The molecule has 78 valence electrons. The Kier molecular flexibility index (Phi) is 2.60. The molecular formula is C10H17N3S. The Hall–Kier alpha value is -0.450. The van der Waals surface area contributed by atoms with Crippen LogP contribution >= 0.6 is 11.3 Å². The SMILES string of the molecule is CN1CCC(CN)C1(C)c1cncs1. The first-order chi connectivity index (χ1) is 6.69. The lowest BCUT2D eigenvalue weighted by Gasteiger charge is -2.35. The summed E-state index contributed by atoms with van der Waals surface area (Å²) in [5.74, 6) is 0.563. The molecule has 1 aromatic rings. The van der Waals surface area contributed by atoms with E-state index in [-0.39, 0.29) is 5.54 Å². The van der Waals surface area contributed by atoms with Gasteiger partial charge < -0.3 is 5.73 Å². The Morgan fingerprint density at radius 3 is 3.14 bits per heavy atom. The fraction of sp³-hybridized carbons (Fsp3) is 0.700. The molecule has 1 aromatic heterocycles. The smallest absolute Gasteiger partial charge is 0.0794 e. The van der Waals surface area contributed by atoms with Gasteiger partial charge in [0.1, 0.15) is 0 Å². The number of likely N-dealkylation sites (tertiary alicyclic amines) is 1. The van der Waals surface area contributed by atoms with Crippen LogP contribution in [0.5, 0.6) is 0 Å². The molecule has 1 saturated heterocycles. The Labute approximate surface area is 88.9 Å². The third-order valence-corrected chi connectivity index (χ3v) is 4.62. The summed E-state index contributed by atoms with van der Waals surface area (Å²) in [7, 11) is 2.18. The van der Waals surface area contributed by atoms with Crippen molar-refractivity contribution in [2.45, 2.75) is 18.9 Å². The van der Waals surface area contributed by atoms with E-state index in [1.54, 1.807) is 11.3 Å². The molecule has 2 heterocycles. The highest BCUT2D eigenvalue weighted by molar-refractivity contribution is 7.09. The van der Waals surface area contributed by atoms with Gasteiger partial charge in [0.05, 0.1) is 11.0 Å². The fourth-order valence-electron chi connectivity index (χ4n) is 2.38. The molecule has 0 bridgehead atoms. The van der Waals surface area contributed by atoms with Gasteiger partial charge in [-0.1, -0.05) is 0 Å². The van der Waals surface area contributed by atoms with Crippen molar-refractivity contribution in [2.75, 3.05) is 20.1 Å². The van der Waals surface area contributed by atoms with E-state index in [9.17, 15) is 0 Å². The van der Waals surface area contributed by atoms with E-state index in [0.717, 1.165) is 13.1 Å². The molecule has 1 aliphatic rings. The van der Waals surface area contributed by atoms with E-state index in [2.05, 4.69) is 23.9 Å². The van der Waals surface area contributed by atoms with Crippen LogP contribution in [-0.2, 0) is 5.54 Å². The molecule has 0 spiro atoms. The summed E-state index contributed by atoms with van der Waals surface area (Å²) in [6.45, 7) is 4.18. The molecule has 2 rings (SSSR count). The second kappa shape index (κ2) is 3.61. The molecule has 3 nitrogen and oxygen atoms in total. The summed E-state index contributed by atoms with van der Waals surface area (Å²) in [5, 5.41) is 0. The number of nitrogens with zero attached hydrogens (tertiary/aromatic N) is 2. The molecule has 0 aromatic carbocycles. The van der Waals surface area contributed by atoms with Crippen LogP contribution < -0.4 is 5.73 Å². The second-order valence-electron chi connectivity index (χ2n) is 4.16. The van der Waals surface area contributed by atoms with Crippen LogP contribution in [0.1, 0.15) is 18.2 Å². The van der Waals surface area contributed by atoms with Crippen molar-refractivity contribution in [1.82, 2.24) is 9.88 Å². The highest BCUT2D eigenvalue weighted by atomic mass is 32.1. The molecular weight excluding hydrogens is 194 g/mol. The molecule has 0 aliphatic carbocycles. The minimum absolute atomic E-state index is 0.107. The lowest BCUT2D eigenvalue weighted by atomic mass is 9.85. The number of hydrogen-bond acceptors (Lipinski definition) is 4. The van der Waals surface area contributed by atoms with E-state index in [0.29, 0.717) is 5.92 Å². The number of nitrogens with two attached hydrogens (primary N) is 1. The molecule has 1 fully saturated rings. The van der Waals surface area contributed by atoms with Gasteiger partial charge in [-0.2, -0.15) is 0 Å². The van der Waals surface area contributed by atoms with Crippen LogP contribution in [-0.4, -0.2) is 30.0 Å². The molecule has 1 aliphatic heterocycles. The van der Waals surface area contributed by atoms with E-state index in [1.165, 1.54) is 11.3 Å². The quantitative estimate of drug-likeness (QED) is 0.801. The normalized spacial score (nSPS) is 33.8. The minimum atomic E-state index is 0.107. The van der Waals surface area contributed by atoms with Crippen LogP contribution in [0.3, 0.4) is 0 Å². The number of aromatic nitrogens is 1. The number of thiazole rings is 1. The monoisotopic (exact) mass is 211 g/mol. The highest BCUT2D eigenvalue weighted by Gasteiger charge is 2.44. The summed E-state index contributed by atoms with van der Waals surface area (Å²) >= 11 is 1.73.